The third kappa shape index (κ3) is 8.67. The van der Waals surface area contributed by atoms with Gasteiger partial charge in [-0.3, -0.25) is 0 Å². The van der Waals surface area contributed by atoms with Crippen LogP contribution < -0.4 is 10.5 Å². The zero-order valence-electron chi connectivity index (χ0n) is 23.7. The fourth-order valence-corrected chi connectivity index (χ4v) is 4.28. The van der Waals surface area contributed by atoms with E-state index in [2.05, 4.69) is 23.6 Å². The van der Waals surface area contributed by atoms with E-state index in [0.29, 0.717) is 12.0 Å². The summed E-state index contributed by atoms with van der Waals surface area (Å²) in [7, 11) is 3.24. The van der Waals surface area contributed by atoms with Crippen LogP contribution in [0.1, 0.15) is 48.6 Å². The molecule has 1 aliphatic carbocycles. The minimum atomic E-state index is -4.91. The summed E-state index contributed by atoms with van der Waals surface area (Å²) < 4.78 is 76.6. The van der Waals surface area contributed by atoms with Gasteiger partial charge in [-0.1, -0.05) is 39.5 Å². The fraction of sp³-hybridized carbons (Fsp3) is 0.333. The molecule has 6 nitrogen and oxygen atoms in total. The molecule has 0 bridgehead atoms. The number of hydrogen-bond donors (Lipinski definition) is 2. The van der Waals surface area contributed by atoms with Crippen LogP contribution in [0.3, 0.4) is 0 Å². The van der Waals surface area contributed by atoms with Crippen LogP contribution in [0.25, 0.3) is 11.1 Å². The minimum absolute atomic E-state index is 0.00840. The van der Waals surface area contributed by atoms with Crippen LogP contribution in [0.2, 0.25) is 0 Å². The maximum atomic E-state index is 15.0. The average Bonchev–Trinajstić information content (AvgIpc) is 3.28. The smallest absolute Gasteiger partial charge is 0.417 e. The zero-order chi connectivity index (χ0) is 30.9. The van der Waals surface area contributed by atoms with Crippen LogP contribution in [-0.4, -0.2) is 35.0 Å². The lowest BCUT2D eigenvalue weighted by atomic mass is 9.95. The molecule has 0 spiro atoms. The van der Waals surface area contributed by atoms with Gasteiger partial charge in [0.05, 0.1) is 11.8 Å². The summed E-state index contributed by atoms with van der Waals surface area (Å²) in [5.41, 5.74) is 5.90. The number of aliphatic hydroxyl groups excluding tert-OH is 1. The van der Waals surface area contributed by atoms with Crippen LogP contribution >= 0.6 is 0 Å². The number of aliphatic hydroxyl groups is 1. The standard InChI is InChI=1S/C26H25F5N4O.C2H4O.C2H6/c1-14-6-16-10-24(33-12-17(16)7-14)36-13-18-8-20(21(11-22(18)27)26(29,30)31)19-5-4-15(9-23(19)28)25(32)34-35(2)3;1-2-3;1-2/h4-5,8-12,14H,6-7,13H2,1-3H3,(H2,32,34);2-3H,1H2;1-2H3. The van der Waals surface area contributed by atoms with Crippen LogP contribution in [0.15, 0.2) is 60.5 Å². The molecule has 1 aliphatic rings. The molecular formula is C30H35F5N4O2. The number of ether oxygens (including phenoxy) is 1. The van der Waals surface area contributed by atoms with Crippen molar-refractivity contribution >= 4 is 5.84 Å². The Hall–Kier alpha value is -4.15. The van der Waals surface area contributed by atoms with Crippen LogP contribution in [0.5, 0.6) is 5.88 Å². The number of rotatable bonds is 6. The highest BCUT2D eigenvalue weighted by molar-refractivity contribution is 5.97. The number of alkyl halides is 3. The summed E-state index contributed by atoms with van der Waals surface area (Å²) >= 11 is 0. The van der Waals surface area contributed by atoms with Crippen LogP contribution in [0, 0.1) is 17.6 Å². The van der Waals surface area contributed by atoms with Gasteiger partial charge in [0.1, 0.15) is 18.2 Å². The second-order valence-electron chi connectivity index (χ2n) is 9.29. The van der Waals surface area contributed by atoms with Gasteiger partial charge in [-0.05, 0) is 53.6 Å². The highest BCUT2D eigenvalue weighted by Gasteiger charge is 2.35. The topological polar surface area (TPSA) is 84.0 Å². The first-order valence-corrected chi connectivity index (χ1v) is 12.9. The third-order valence-corrected chi connectivity index (χ3v) is 5.92. The Morgan fingerprint density at radius 3 is 2.32 bits per heavy atom. The number of halogens is 5. The summed E-state index contributed by atoms with van der Waals surface area (Å²) in [6.45, 7) is 8.66. The number of pyridine rings is 1. The Morgan fingerprint density at radius 2 is 1.73 bits per heavy atom. The van der Waals surface area contributed by atoms with Crippen molar-refractivity contribution in [3.8, 4) is 17.0 Å². The van der Waals surface area contributed by atoms with Gasteiger partial charge in [-0.15, -0.1) is 0 Å². The average molecular weight is 579 g/mol. The van der Waals surface area contributed by atoms with Crippen molar-refractivity contribution in [2.75, 3.05) is 14.1 Å². The van der Waals surface area contributed by atoms with Crippen molar-refractivity contribution in [1.82, 2.24) is 9.99 Å². The number of nitrogens with zero attached hydrogens (tertiary/aromatic N) is 3. The molecule has 1 heterocycles. The van der Waals surface area contributed by atoms with Gasteiger partial charge >= 0.3 is 6.18 Å². The van der Waals surface area contributed by atoms with E-state index < -0.39 is 28.9 Å². The van der Waals surface area contributed by atoms with Crippen LogP contribution in [-0.2, 0) is 25.6 Å². The van der Waals surface area contributed by atoms with Gasteiger partial charge in [0.2, 0.25) is 5.88 Å². The monoisotopic (exact) mass is 578 g/mol. The molecule has 3 N–H and O–H groups in total. The molecule has 1 atom stereocenters. The predicted molar refractivity (Wildman–Crippen MR) is 151 cm³/mol. The van der Waals surface area contributed by atoms with Crippen molar-refractivity contribution in [1.29, 1.82) is 0 Å². The molecule has 4 rings (SSSR count). The molecule has 3 aromatic rings. The number of nitrogens with two attached hydrogens (primary N) is 1. The van der Waals surface area contributed by atoms with E-state index in [1.54, 1.807) is 26.4 Å². The molecule has 0 saturated carbocycles. The van der Waals surface area contributed by atoms with E-state index in [1.165, 1.54) is 17.1 Å². The summed E-state index contributed by atoms with van der Waals surface area (Å²) in [6.07, 6.45) is -0.683. The number of hydrogen-bond acceptors (Lipinski definition) is 5. The Labute approximate surface area is 237 Å². The van der Waals surface area contributed by atoms with E-state index in [1.807, 2.05) is 13.8 Å². The van der Waals surface area contributed by atoms with Crippen molar-refractivity contribution < 1.29 is 31.8 Å². The molecule has 0 aliphatic heterocycles. The van der Waals surface area contributed by atoms with Crippen LogP contribution in [0.4, 0.5) is 22.0 Å². The first-order chi connectivity index (χ1) is 19.3. The van der Waals surface area contributed by atoms with E-state index in [0.717, 1.165) is 42.4 Å². The van der Waals surface area contributed by atoms with Gasteiger partial charge in [0, 0.05) is 43.0 Å². The largest absolute Gasteiger partial charge is 0.516 e. The molecule has 11 heteroatoms. The molecule has 2 aromatic carbocycles. The molecular weight excluding hydrogens is 543 g/mol. The quantitative estimate of drug-likeness (QED) is 0.106. The van der Waals surface area contributed by atoms with Crippen molar-refractivity contribution in [3.63, 3.8) is 0 Å². The highest BCUT2D eigenvalue weighted by Crippen LogP contribution is 2.40. The van der Waals surface area contributed by atoms with Gasteiger partial charge in [0.15, 0.2) is 5.84 Å². The lowest BCUT2D eigenvalue weighted by molar-refractivity contribution is -0.137. The zero-order valence-corrected chi connectivity index (χ0v) is 23.7. The first-order valence-electron chi connectivity index (χ1n) is 12.9. The maximum absolute atomic E-state index is 15.0. The normalized spacial score (nSPS) is 14.2. The first kappa shape index (κ1) is 33.1. The lowest BCUT2D eigenvalue weighted by Gasteiger charge is -2.17. The number of fused-ring (bicyclic) bond motifs is 1. The van der Waals surface area contributed by atoms with Gasteiger partial charge in [-0.25, -0.2) is 13.8 Å². The Bertz CT molecular complexity index is 1370. The van der Waals surface area contributed by atoms with Crippen molar-refractivity contribution in [3.05, 3.63) is 94.9 Å². The third-order valence-electron chi connectivity index (χ3n) is 5.92. The number of amidine groups is 1. The number of hydrazone groups is 1. The summed E-state index contributed by atoms with van der Waals surface area (Å²) in [5, 5.41) is 12.7. The molecule has 0 radical (unpaired) electrons. The molecule has 0 saturated heterocycles. The van der Waals surface area contributed by atoms with E-state index >= 15 is 4.39 Å². The van der Waals surface area contributed by atoms with Crippen molar-refractivity contribution in [2.24, 2.45) is 16.8 Å². The summed E-state index contributed by atoms with van der Waals surface area (Å²) in [6, 6.07) is 6.60. The predicted octanol–water partition coefficient (Wildman–Crippen LogP) is 7.26. The second-order valence-corrected chi connectivity index (χ2v) is 9.29. The molecule has 0 amide bonds. The maximum Gasteiger partial charge on any atom is 0.417 e. The highest BCUT2D eigenvalue weighted by atomic mass is 19.4. The van der Waals surface area contributed by atoms with Gasteiger partial charge in [0.25, 0.3) is 0 Å². The van der Waals surface area contributed by atoms with Gasteiger partial charge in [-0.2, -0.15) is 18.3 Å². The molecule has 0 fully saturated rings. The van der Waals surface area contributed by atoms with Gasteiger partial charge < -0.3 is 20.6 Å². The molecule has 41 heavy (non-hydrogen) atoms. The Morgan fingerprint density at radius 1 is 1.10 bits per heavy atom. The fourth-order valence-electron chi connectivity index (χ4n) is 4.28. The Balaban J connectivity index is 0.00000110. The molecule has 1 unspecified atom stereocenters. The molecule has 222 valence electrons. The molecule has 1 aromatic heterocycles. The van der Waals surface area contributed by atoms with E-state index in [4.69, 9.17) is 15.6 Å². The minimum Gasteiger partial charge on any atom is -0.516 e. The second kappa shape index (κ2) is 14.5. The summed E-state index contributed by atoms with van der Waals surface area (Å²) in [5.74, 6) is -1.35. The number of aromatic nitrogens is 1. The Kier molecular flexibility index (Phi) is 11.7. The summed E-state index contributed by atoms with van der Waals surface area (Å²) in [4.78, 5) is 4.22. The van der Waals surface area contributed by atoms with E-state index in [-0.39, 0.29) is 35.0 Å². The lowest BCUT2D eigenvalue weighted by Crippen LogP contribution is -2.18. The van der Waals surface area contributed by atoms with E-state index in [9.17, 15) is 17.6 Å². The SMILES string of the molecule is C=CO.CC.CC1Cc2cnc(OCc3cc(-c4ccc(/C(N)=N/N(C)C)cc4F)c(C(F)(F)F)cc3F)cc2C1. The number of benzene rings is 2. The van der Waals surface area contributed by atoms with Crippen molar-refractivity contribution in [2.45, 2.75) is 46.4 Å².